The van der Waals surface area contributed by atoms with Crippen LogP contribution in [0.4, 0.5) is 4.79 Å². The molecule has 0 aliphatic heterocycles. The van der Waals surface area contributed by atoms with Gasteiger partial charge in [0, 0.05) is 24.0 Å². The third-order valence-corrected chi connectivity index (χ3v) is 3.37. The molecule has 114 valence electrons. The van der Waals surface area contributed by atoms with E-state index in [9.17, 15) is 4.79 Å². The number of rotatable bonds is 5. The smallest absolute Gasteiger partial charge is 0.407 e. The van der Waals surface area contributed by atoms with E-state index in [1.165, 1.54) is 0 Å². The predicted octanol–water partition coefficient (Wildman–Crippen LogP) is 3.02. The highest BCUT2D eigenvalue weighted by molar-refractivity contribution is 7.09. The maximum Gasteiger partial charge on any atom is 0.407 e. The Morgan fingerprint density at radius 1 is 1.45 bits per heavy atom. The number of alkyl carbamates (subject to hydrolysis) is 1. The Morgan fingerprint density at radius 2 is 2.10 bits per heavy atom. The zero-order valence-corrected chi connectivity index (χ0v) is 13.9. The third kappa shape index (κ3) is 6.34. The van der Waals surface area contributed by atoms with Crippen molar-refractivity contribution in [3.63, 3.8) is 0 Å². The Morgan fingerprint density at radius 3 is 2.60 bits per heavy atom. The first-order chi connectivity index (χ1) is 9.17. The Kier molecular flexibility index (Phi) is 5.95. The zero-order chi connectivity index (χ0) is 15.3. The normalized spacial score (nSPS) is 14.7. The molecule has 2 unspecified atom stereocenters. The van der Waals surface area contributed by atoms with Crippen LogP contribution in [0.1, 0.15) is 51.4 Å². The number of carbonyl (C=O) groups is 1. The molecule has 1 aromatic heterocycles. The van der Waals surface area contributed by atoms with Crippen LogP contribution < -0.4 is 10.6 Å². The number of nitrogens with one attached hydrogen (secondary N) is 2. The Balaban J connectivity index is 2.32. The summed E-state index contributed by atoms with van der Waals surface area (Å²) in [5, 5.41) is 9.28. The number of hydrogen-bond donors (Lipinski definition) is 2. The minimum atomic E-state index is -0.470. The predicted molar refractivity (Wildman–Crippen MR) is 82.1 cm³/mol. The van der Waals surface area contributed by atoms with Gasteiger partial charge in [-0.05, 0) is 41.5 Å². The van der Waals surface area contributed by atoms with Gasteiger partial charge in [0.05, 0.1) is 10.7 Å². The highest BCUT2D eigenvalue weighted by Crippen LogP contribution is 2.15. The van der Waals surface area contributed by atoms with Crippen LogP contribution in [0.15, 0.2) is 5.38 Å². The van der Waals surface area contributed by atoms with Crippen LogP contribution >= 0.6 is 11.3 Å². The second-order valence-electron chi connectivity index (χ2n) is 5.97. The van der Waals surface area contributed by atoms with Crippen LogP contribution in [-0.2, 0) is 4.74 Å². The summed E-state index contributed by atoms with van der Waals surface area (Å²) in [6, 6.07) is 0.162. The molecule has 0 saturated carbocycles. The Hall–Kier alpha value is -1.14. The average molecular weight is 299 g/mol. The van der Waals surface area contributed by atoms with E-state index < -0.39 is 5.60 Å². The number of hydrogen-bond acceptors (Lipinski definition) is 5. The van der Waals surface area contributed by atoms with Crippen LogP contribution in [0.5, 0.6) is 0 Å². The molecule has 1 rings (SSSR count). The molecular weight excluding hydrogens is 274 g/mol. The van der Waals surface area contributed by atoms with Gasteiger partial charge in [-0.2, -0.15) is 0 Å². The van der Waals surface area contributed by atoms with Crippen molar-refractivity contribution >= 4 is 17.4 Å². The monoisotopic (exact) mass is 299 g/mol. The average Bonchev–Trinajstić information content (AvgIpc) is 2.70. The second kappa shape index (κ2) is 7.04. The molecule has 0 aromatic carbocycles. The quantitative estimate of drug-likeness (QED) is 0.877. The van der Waals surface area contributed by atoms with E-state index in [0.29, 0.717) is 6.54 Å². The minimum Gasteiger partial charge on any atom is -0.444 e. The van der Waals surface area contributed by atoms with Crippen molar-refractivity contribution in [1.82, 2.24) is 15.6 Å². The fourth-order valence-corrected chi connectivity index (χ4v) is 2.30. The largest absolute Gasteiger partial charge is 0.444 e. The van der Waals surface area contributed by atoms with Gasteiger partial charge >= 0.3 is 6.09 Å². The lowest BCUT2D eigenvalue weighted by atomic mass is 10.2. The van der Waals surface area contributed by atoms with E-state index in [4.69, 9.17) is 4.74 Å². The third-order valence-electron chi connectivity index (χ3n) is 2.57. The van der Waals surface area contributed by atoms with Crippen molar-refractivity contribution in [2.24, 2.45) is 0 Å². The van der Waals surface area contributed by atoms with Crippen molar-refractivity contribution in [3.8, 4) is 0 Å². The lowest BCUT2D eigenvalue weighted by Crippen LogP contribution is -2.43. The molecule has 0 saturated heterocycles. The molecule has 0 aliphatic rings. The first kappa shape index (κ1) is 16.9. The van der Waals surface area contributed by atoms with Gasteiger partial charge in [-0.3, -0.25) is 0 Å². The Bertz CT molecular complexity index is 440. The molecule has 1 amide bonds. The summed E-state index contributed by atoms with van der Waals surface area (Å²) in [7, 11) is 0. The molecular formula is C14H25N3O2S. The highest BCUT2D eigenvalue weighted by atomic mass is 32.1. The van der Waals surface area contributed by atoms with E-state index in [1.807, 2.05) is 34.6 Å². The molecule has 0 radical (unpaired) electrons. The van der Waals surface area contributed by atoms with E-state index >= 15 is 0 Å². The van der Waals surface area contributed by atoms with Crippen molar-refractivity contribution < 1.29 is 9.53 Å². The van der Waals surface area contributed by atoms with E-state index in [-0.39, 0.29) is 18.2 Å². The molecule has 0 fully saturated rings. The number of amides is 1. The first-order valence-corrected chi connectivity index (χ1v) is 7.70. The molecule has 0 aliphatic carbocycles. The van der Waals surface area contributed by atoms with Crippen molar-refractivity contribution in [2.75, 3.05) is 6.54 Å². The molecule has 0 spiro atoms. The summed E-state index contributed by atoms with van der Waals surface area (Å²) in [4.78, 5) is 16.1. The fourth-order valence-electron chi connectivity index (χ4n) is 1.60. The fraction of sp³-hybridized carbons (Fsp3) is 0.714. The second-order valence-corrected chi connectivity index (χ2v) is 7.03. The number of aromatic nitrogens is 1. The van der Waals surface area contributed by atoms with Crippen molar-refractivity contribution in [3.05, 3.63) is 16.1 Å². The molecule has 6 heteroatoms. The summed E-state index contributed by atoms with van der Waals surface area (Å²) in [5.74, 6) is 0. The van der Waals surface area contributed by atoms with Crippen molar-refractivity contribution in [1.29, 1.82) is 0 Å². The molecule has 2 N–H and O–H groups in total. The molecule has 1 heterocycles. The summed E-state index contributed by atoms with van der Waals surface area (Å²) in [6.07, 6.45) is -0.385. The SMILES string of the molecule is Cc1nc(C(C)NCC(C)NC(=O)OC(C)(C)C)cs1. The van der Waals surface area contributed by atoms with Crippen LogP contribution in [0.3, 0.4) is 0 Å². The molecule has 1 aromatic rings. The van der Waals surface area contributed by atoms with Gasteiger partial charge in [-0.25, -0.2) is 9.78 Å². The number of ether oxygens (including phenoxy) is 1. The van der Waals surface area contributed by atoms with Gasteiger partial charge in [0.15, 0.2) is 0 Å². The maximum absolute atomic E-state index is 11.6. The summed E-state index contributed by atoms with van der Waals surface area (Å²) in [6.45, 7) is 12.2. The van der Waals surface area contributed by atoms with Gasteiger partial charge in [-0.15, -0.1) is 11.3 Å². The maximum atomic E-state index is 11.6. The molecule has 5 nitrogen and oxygen atoms in total. The standard InChI is InChI=1S/C14H25N3O2S/c1-9(16-13(18)19-14(4,5)6)7-15-10(2)12-8-20-11(3)17-12/h8-10,15H,7H2,1-6H3,(H,16,18). The zero-order valence-electron chi connectivity index (χ0n) is 13.1. The highest BCUT2D eigenvalue weighted by Gasteiger charge is 2.18. The van der Waals surface area contributed by atoms with Gasteiger partial charge in [0.2, 0.25) is 0 Å². The van der Waals surface area contributed by atoms with Gasteiger partial charge < -0.3 is 15.4 Å². The van der Waals surface area contributed by atoms with E-state index in [2.05, 4.69) is 27.9 Å². The summed E-state index contributed by atoms with van der Waals surface area (Å²) >= 11 is 1.64. The topological polar surface area (TPSA) is 63.2 Å². The van der Waals surface area contributed by atoms with Gasteiger partial charge in [0.25, 0.3) is 0 Å². The summed E-state index contributed by atoms with van der Waals surface area (Å²) in [5.41, 5.74) is 0.569. The summed E-state index contributed by atoms with van der Waals surface area (Å²) < 4.78 is 5.21. The molecule has 20 heavy (non-hydrogen) atoms. The van der Waals surface area contributed by atoms with Gasteiger partial charge in [-0.1, -0.05) is 0 Å². The van der Waals surface area contributed by atoms with E-state index in [0.717, 1.165) is 10.7 Å². The van der Waals surface area contributed by atoms with Crippen LogP contribution in [0.25, 0.3) is 0 Å². The van der Waals surface area contributed by atoms with Gasteiger partial charge in [0.1, 0.15) is 5.60 Å². The van der Waals surface area contributed by atoms with E-state index in [1.54, 1.807) is 11.3 Å². The lowest BCUT2D eigenvalue weighted by molar-refractivity contribution is 0.0507. The van der Waals surface area contributed by atoms with Crippen LogP contribution in [0, 0.1) is 6.92 Å². The van der Waals surface area contributed by atoms with Crippen LogP contribution in [-0.4, -0.2) is 29.3 Å². The molecule has 2 atom stereocenters. The molecule has 0 bridgehead atoms. The Labute approximate surface area is 125 Å². The minimum absolute atomic E-state index is 0.00738. The first-order valence-electron chi connectivity index (χ1n) is 6.82. The number of aryl methyl sites for hydroxylation is 1. The lowest BCUT2D eigenvalue weighted by Gasteiger charge is -2.22. The van der Waals surface area contributed by atoms with Crippen LogP contribution in [0.2, 0.25) is 0 Å². The number of carbonyl (C=O) groups excluding carboxylic acids is 1. The number of nitrogens with zero attached hydrogens (tertiary/aromatic N) is 1. The number of thiazole rings is 1. The van der Waals surface area contributed by atoms with Crippen molar-refractivity contribution in [2.45, 2.75) is 59.2 Å².